The highest BCUT2D eigenvalue weighted by Crippen LogP contribution is 2.09. The van der Waals surface area contributed by atoms with Crippen LogP contribution in [-0.2, 0) is 0 Å². The molecule has 0 aliphatic heterocycles. The first kappa shape index (κ1) is 11.8. The largest absolute Gasteiger partial charge is 0.393 e. The second kappa shape index (κ2) is 6.34. The summed E-state index contributed by atoms with van der Waals surface area (Å²) in [4.78, 5) is 0. The second-order valence-corrected chi connectivity index (χ2v) is 2.96. The van der Waals surface area contributed by atoms with Crippen molar-refractivity contribution < 1.29 is 19.7 Å². The van der Waals surface area contributed by atoms with Gasteiger partial charge in [-0.25, -0.2) is 4.39 Å². The maximum Gasteiger partial charge on any atom is 0.198 e. The molecule has 4 heteroatoms. The number of halogens is 1. The summed E-state index contributed by atoms with van der Waals surface area (Å²) in [6, 6.07) is 0. The third kappa shape index (κ3) is 6.52. The molecule has 0 bridgehead atoms. The van der Waals surface area contributed by atoms with Crippen LogP contribution in [0.4, 0.5) is 4.39 Å². The van der Waals surface area contributed by atoms with Gasteiger partial charge in [0.15, 0.2) is 6.36 Å². The van der Waals surface area contributed by atoms with Gasteiger partial charge in [0, 0.05) is 6.42 Å². The van der Waals surface area contributed by atoms with E-state index in [1.165, 1.54) is 0 Å². The molecule has 0 spiro atoms. The molecule has 3 N–H and O–H groups in total. The van der Waals surface area contributed by atoms with Crippen molar-refractivity contribution in [1.82, 2.24) is 0 Å². The van der Waals surface area contributed by atoms with Crippen LogP contribution < -0.4 is 0 Å². The maximum absolute atomic E-state index is 11.9. The molecule has 3 nitrogen and oxygen atoms in total. The lowest BCUT2D eigenvalue weighted by Gasteiger charge is -2.12. The number of hydrogen-bond acceptors (Lipinski definition) is 3. The van der Waals surface area contributed by atoms with Crippen LogP contribution in [0.1, 0.15) is 32.6 Å². The van der Waals surface area contributed by atoms with Gasteiger partial charge < -0.3 is 15.3 Å². The highest BCUT2D eigenvalue weighted by molar-refractivity contribution is 4.60. The Balaban J connectivity index is 3.36. The third-order valence-corrected chi connectivity index (χ3v) is 1.77. The Morgan fingerprint density at radius 1 is 1.08 bits per heavy atom. The fourth-order valence-electron chi connectivity index (χ4n) is 0.931. The van der Waals surface area contributed by atoms with E-state index in [1.54, 1.807) is 0 Å². The first-order valence-corrected chi connectivity index (χ1v) is 4.24. The van der Waals surface area contributed by atoms with Crippen molar-refractivity contribution in [2.45, 2.75) is 51.2 Å². The fourth-order valence-corrected chi connectivity index (χ4v) is 0.931. The summed E-state index contributed by atoms with van der Waals surface area (Å²) < 4.78 is 11.9. The van der Waals surface area contributed by atoms with Crippen LogP contribution in [0.2, 0.25) is 0 Å². The molecule has 12 heavy (non-hydrogen) atoms. The first-order chi connectivity index (χ1) is 5.56. The van der Waals surface area contributed by atoms with E-state index in [0.29, 0.717) is 19.3 Å². The van der Waals surface area contributed by atoms with Crippen LogP contribution in [0.15, 0.2) is 0 Å². The molecule has 0 fully saturated rings. The topological polar surface area (TPSA) is 60.7 Å². The van der Waals surface area contributed by atoms with Gasteiger partial charge in [-0.1, -0.05) is 6.92 Å². The molecular formula is C8H17FO3. The summed E-state index contributed by atoms with van der Waals surface area (Å²) in [5.41, 5.74) is 0. The van der Waals surface area contributed by atoms with Gasteiger partial charge >= 0.3 is 0 Å². The SMILES string of the molecule is CCC(O)CCC(O)CC(O)F. The number of aliphatic hydroxyl groups excluding tert-OH is 3. The standard InChI is InChI=1S/C8H17FO3/c1-2-6(10)3-4-7(11)5-8(9)12/h6-8,10-12H,2-5H2,1H3. The molecule has 0 aromatic rings. The van der Waals surface area contributed by atoms with Crippen molar-refractivity contribution in [2.24, 2.45) is 0 Å². The average Bonchev–Trinajstić information content (AvgIpc) is 1.99. The van der Waals surface area contributed by atoms with Crippen molar-refractivity contribution in [1.29, 1.82) is 0 Å². The summed E-state index contributed by atoms with van der Waals surface area (Å²) >= 11 is 0. The van der Waals surface area contributed by atoms with E-state index >= 15 is 0 Å². The lowest BCUT2D eigenvalue weighted by molar-refractivity contribution is -0.0106. The normalized spacial score (nSPS) is 18.8. The smallest absolute Gasteiger partial charge is 0.198 e. The van der Waals surface area contributed by atoms with Gasteiger partial charge in [0.05, 0.1) is 12.2 Å². The molecule has 0 saturated carbocycles. The second-order valence-electron chi connectivity index (χ2n) is 2.96. The lowest BCUT2D eigenvalue weighted by atomic mass is 10.1. The molecule has 0 aliphatic carbocycles. The van der Waals surface area contributed by atoms with E-state index in [9.17, 15) is 4.39 Å². The molecule has 0 radical (unpaired) electrons. The van der Waals surface area contributed by atoms with Crippen molar-refractivity contribution in [3.05, 3.63) is 0 Å². The van der Waals surface area contributed by atoms with E-state index in [4.69, 9.17) is 15.3 Å². The van der Waals surface area contributed by atoms with Crippen LogP contribution in [-0.4, -0.2) is 33.9 Å². The van der Waals surface area contributed by atoms with Crippen molar-refractivity contribution in [2.75, 3.05) is 0 Å². The summed E-state index contributed by atoms with van der Waals surface area (Å²) in [6.07, 6.45) is -2.11. The van der Waals surface area contributed by atoms with Gasteiger partial charge in [0.1, 0.15) is 0 Å². The van der Waals surface area contributed by atoms with Gasteiger partial charge in [-0.15, -0.1) is 0 Å². The summed E-state index contributed by atoms with van der Waals surface area (Å²) in [5, 5.41) is 26.4. The van der Waals surface area contributed by atoms with Gasteiger partial charge in [0.2, 0.25) is 0 Å². The van der Waals surface area contributed by atoms with Crippen LogP contribution in [0.3, 0.4) is 0 Å². The third-order valence-electron chi connectivity index (χ3n) is 1.77. The molecule has 3 atom stereocenters. The molecule has 0 heterocycles. The van der Waals surface area contributed by atoms with Gasteiger partial charge in [-0.2, -0.15) is 0 Å². The van der Waals surface area contributed by atoms with Crippen LogP contribution in [0.25, 0.3) is 0 Å². The highest BCUT2D eigenvalue weighted by atomic mass is 19.1. The van der Waals surface area contributed by atoms with Gasteiger partial charge in [0.25, 0.3) is 0 Å². The number of rotatable bonds is 6. The lowest BCUT2D eigenvalue weighted by Crippen LogP contribution is -2.16. The predicted molar refractivity (Wildman–Crippen MR) is 43.3 cm³/mol. The fraction of sp³-hybridized carbons (Fsp3) is 1.00. The molecule has 0 aliphatic rings. The number of alkyl halides is 1. The van der Waals surface area contributed by atoms with Crippen molar-refractivity contribution in [3.63, 3.8) is 0 Å². The zero-order valence-electron chi connectivity index (χ0n) is 7.28. The Kier molecular flexibility index (Phi) is 6.24. The minimum atomic E-state index is -1.96. The Bertz CT molecular complexity index is 108. The first-order valence-electron chi connectivity index (χ1n) is 4.24. The van der Waals surface area contributed by atoms with Crippen LogP contribution in [0.5, 0.6) is 0 Å². The molecule has 0 rings (SSSR count). The summed E-state index contributed by atoms with van der Waals surface area (Å²) in [6.45, 7) is 1.83. The molecule has 0 aromatic heterocycles. The minimum Gasteiger partial charge on any atom is -0.393 e. The molecule has 0 saturated heterocycles. The highest BCUT2D eigenvalue weighted by Gasteiger charge is 2.11. The Morgan fingerprint density at radius 2 is 1.58 bits per heavy atom. The minimum absolute atomic E-state index is 0.267. The van der Waals surface area contributed by atoms with Crippen LogP contribution in [0, 0.1) is 0 Å². The van der Waals surface area contributed by atoms with E-state index in [-0.39, 0.29) is 6.42 Å². The maximum atomic E-state index is 11.9. The van der Waals surface area contributed by atoms with E-state index < -0.39 is 18.6 Å². The average molecular weight is 180 g/mol. The number of aliphatic hydroxyl groups is 3. The Labute approximate surface area is 71.8 Å². The summed E-state index contributed by atoms with van der Waals surface area (Å²) in [7, 11) is 0. The Hall–Kier alpha value is -0.190. The van der Waals surface area contributed by atoms with Gasteiger partial charge in [-0.05, 0) is 19.3 Å². The monoisotopic (exact) mass is 180 g/mol. The zero-order valence-corrected chi connectivity index (χ0v) is 7.28. The molecule has 0 amide bonds. The predicted octanol–water partition coefficient (Wildman–Crippen LogP) is 0.576. The zero-order chi connectivity index (χ0) is 9.56. The van der Waals surface area contributed by atoms with Crippen LogP contribution >= 0.6 is 0 Å². The molecule has 74 valence electrons. The molecule has 3 unspecified atom stereocenters. The number of hydrogen-bond donors (Lipinski definition) is 3. The molecular weight excluding hydrogens is 163 g/mol. The van der Waals surface area contributed by atoms with Gasteiger partial charge in [-0.3, -0.25) is 0 Å². The summed E-state index contributed by atoms with van der Waals surface area (Å²) in [5.74, 6) is 0. The van der Waals surface area contributed by atoms with E-state index in [0.717, 1.165) is 0 Å². The Morgan fingerprint density at radius 3 is 2.00 bits per heavy atom. The van der Waals surface area contributed by atoms with Crippen molar-refractivity contribution >= 4 is 0 Å². The van der Waals surface area contributed by atoms with E-state index in [2.05, 4.69) is 0 Å². The molecule has 0 aromatic carbocycles. The quantitative estimate of drug-likeness (QED) is 0.560. The van der Waals surface area contributed by atoms with E-state index in [1.807, 2.05) is 6.92 Å². The van der Waals surface area contributed by atoms with Crippen molar-refractivity contribution in [3.8, 4) is 0 Å².